The highest BCUT2D eigenvalue weighted by Gasteiger charge is 2.23. The van der Waals surface area contributed by atoms with Crippen LogP contribution in [-0.2, 0) is 4.74 Å². The van der Waals surface area contributed by atoms with E-state index < -0.39 is 11.7 Å². The van der Waals surface area contributed by atoms with Crippen LogP contribution in [0.15, 0.2) is 53.0 Å². The maximum atomic E-state index is 12.6. The molecule has 124 valence electrons. The smallest absolute Gasteiger partial charge is 0.426 e. The molecular formula is C20H20BrNO2. The number of amides is 1. The highest BCUT2D eigenvalue weighted by Crippen LogP contribution is 2.27. The molecule has 3 nitrogen and oxygen atoms in total. The molecule has 0 aliphatic carbocycles. The second kappa shape index (κ2) is 7.55. The minimum atomic E-state index is -0.596. The summed E-state index contributed by atoms with van der Waals surface area (Å²) in [5.74, 6) is 3.06. The van der Waals surface area contributed by atoms with Gasteiger partial charge in [0.2, 0.25) is 0 Å². The molecule has 0 spiro atoms. The molecular weight excluding hydrogens is 366 g/mol. The van der Waals surface area contributed by atoms with Crippen molar-refractivity contribution in [1.29, 1.82) is 0 Å². The number of aryl methyl sites for hydroxylation is 1. The summed E-state index contributed by atoms with van der Waals surface area (Å²) in [5.41, 5.74) is 1.98. The average Bonchev–Trinajstić information content (AvgIpc) is 2.49. The van der Waals surface area contributed by atoms with Crippen LogP contribution in [-0.4, -0.2) is 11.7 Å². The van der Waals surface area contributed by atoms with Gasteiger partial charge in [-0.05, 0) is 73.3 Å². The van der Waals surface area contributed by atoms with Crippen LogP contribution in [0.2, 0.25) is 0 Å². The third-order valence-corrected chi connectivity index (χ3v) is 3.79. The Morgan fingerprint density at radius 3 is 2.33 bits per heavy atom. The van der Waals surface area contributed by atoms with Crippen molar-refractivity contribution in [1.82, 2.24) is 0 Å². The Morgan fingerprint density at radius 2 is 1.71 bits per heavy atom. The number of hydrogen-bond acceptors (Lipinski definition) is 2. The topological polar surface area (TPSA) is 29.5 Å². The first-order chi connectivity index (χ1) is 11.3. The molecule has 0 saturated heterocycles. The second-order valence-electron chi connectivity index (χ2n) is 6.32. The maximum absolute atomic E-state index is 12.6. The minimum absolute atomic E-state index is 0.504. The highest BCUT2D eigenvalue weighted by atomic mass is 79.9. The van der Waals surface area contributed by atoms with Crippen molar-refractivity contribution in [3.8, 4) is 12.0 Å². The average molecular weight is 386 g/mol. The van der Waals surface area contributed by atoms with Crippen LogP contribution < -0.4 is 4.90 Å². The molecule has 0 aliphatic rings. The lowest BCUT2D eigenvalue weighted by molar-refractivity contribution is 0.0600. The van der Waals surface area contributed by atoms with E-state index in [0.717, 1.165) is 15.6 Å². The Morgan fingerprint density at radius 1 is 1.08 bits per heavy atom. The van der Waals surface area contributed by atoms with E-state index in [4.69, 9.17) is 4.74 Å². The number of nitrogens with zero attached hydrogens (tertiary/aromatic N) is 1. The van der Waals surface area contributed by atoms with Gasteiger partial charge >= 0.3 is 6.09 Å². The van der Waals surface area contributed by atoms with Crippen molar-refractivity contribution in [3.05, 3.63) is 64.1 Å². The van der Waals surface area contributed by atoms with E-state index in [-0.39, 0.29) is 0 Å². The van der Waals surface area contributed by atoms with Crippen molar-refractivity contribution >= 4 is 27.7 Å². The predicted molar refractivity (Wildman–Crippen MR) is 101 cm³/mol. The van der Waals surface area contributed by atoms with E-state index in [9.17, 15) is 4.79 Å². The molecule has 2 rings (SSSR count). The quantitative estimate of drug-likeness (QED) is 0.478. The van der Waals surface area contributed by atoms with E-state index >= 15 is 0 Å². The number of hydrogen-bond donors (Lipinski definition) is 0. The van der Waals surface area contributed by atoms with Crippen LogP contribution in [0.4, 0.5) is 10.5 Å². The van der Waals surface area contributed by atoms with E-state index in [1.165, 1.54) is 4.90 Å². The van der Waals surface area contributed by atoms with Crippen LogP contribution >= 0.6 is 15.9 Å². The molecule has 0 radical (unpaired) electrons. The van der Waals surface area contributed by atoms with E-state index in [1.54, 1.807) is 0 Å². The predicted octanol–water partition coefficient (Wildman–Crippen LogP) is 5.51. The molecule has 0 atom stereocenters. The standard InChI is InChI=1S/C20H20BrNO2/c1-15-9-5-6-10-16(15)13-14-22(19(23)24-20(2,3)4)18-12-8-7-11-17(18)21/h5-12H,1-4H3. The van der Waals surface area contributed by atoms with Crippen molar-refractivity contribution in [2.75, 3.05) is 4.90 Å². The summed E-state index contributed by atoms with van der Waals surface area (Å²) >= 11 is 3.47. The number of benzene rings is 2. The third-order valence-electron chi connectivity index (χ3n) is 3.12. The van der Waals surface area contributed by atoms with Gasteiger partial charge in [0, 0.05) is 16.1 Å². The Hall–Kier alpha value is -2.25. The van der Waals surface area contributed by atoms with Crippen LogP contribution in [0, 0.1) is 18.9 Å². The van der Waals surface area contributed by atoms with Crippen LogP contribution in [0.5, 0.6) is 0 Å². The number of halogens is 1. The number of ether oxygens (including phenoxy) is 1. The van der Waals surface area contributed by atoms with E-state index in [2.05, 4.69) is 27.9 Å². The summed E-state index contributed by atoms with van der Waals surface area (Å²) in [6, 6.07) is 18.2. The fraction of sp³-hybridized carbons (Fsp3) is 0.250. The largest absolute Gasteiger partial charge is 0.443 e. The molecule has 4 heteroatoms. The molecule has 0 heterocycles. The fourth-order valence-electron chi connectivity index (χ4n) is 1.97. The summed E-state index contributed by atoms with van der Waals surface area (Å²) in [5, 5.41) is 0. The minimum Gasteiger partial charge on any atom is -0.443 e. The molecule has 0 saturated carbocycles. The number of carbonyl (C=O) groups excluding carboxylic acids is 1. The van der Waals surface area contributed by atoms with Gasteiger partial charge in [0.15, 0.2) is 0 Å². The van der Waals surface area contributed by atoms with Crippen molar-refractivity contribution in [3.63, 3.8) is 0 Å². The van der Waals surface area contributed by atoms with Gasteiger partial charge in [0.05, 0.1) is 5.69 Å². The molecule has 0 fully saturated rings. The van der Waals surface area contributed by atoms with Crippen molar-refractivity contribution in [2.45, 2.75) is 33.3 Å². The van der Waals surface area contributed by atoms with Gasteiger partial charge in [-0.3, -0.25) is 0 Å². The van der Waals surface area contributed by atoms with Gasteiger partial charge in [-0.1, -0.05) is 30.3 Å². The Kier molecular flexibility index (Phi) is 5.69. The molecule has 2 aromatic carbocycles. The molecule has 0 unspecified atom stereocenters. The van der Waals surface area contributed by atoms with Crippen molar-refractivity contribution in [2.24, 2.45) is 0 Å². The lowest BCUT2D eigenvalue weighted by Crippen LogP contribution is -2.34. The number of carbonyl (C=O) groups is 1. The van der Waals surface area contributed by atoms with Crippen LogP contribution in [0.3, 0.4) is 0 Å². The molecule has 0 aliphatic heterocycles. The monoisotopic (exact) mass is 385 g/mol. The SMILES string of the molecule is Cc1ccccc1C#CN(C(=O)OC(C)(C)C)c1ccccc1Br. The molecule has 24 heavy (non-hydrogen) atoms. The lowest BCUT2D eigenvalue weighted by Gasteiger charge is -2.24. The van der Waals surface area contributed by atoms with Crippen molar-refractivity contribution < 1.29 is 9.53 Å². The zero-order chi connectivity index (χ0) is 17.7. The van der Waals surface area contributed by atoms with Gasteiger partial charge in [-0.15, -0.1) is 0 Å². The summed E-state index contributed by atoms with van der Waals surface area (Å²) < 4.78 is 6.26. The second-order valence-corrected chi connectivity index (χ2v) is 7.17. The first-order valence-electron chi connectivity index (χ1n) is 7.63. The zero-order valence-corrected chi connectivity index (χ0v) is 15.8. The first kappa shape index (κ1) is 18.1. The summed E-state index contributed by atoms with van der Waals surface area (Å²) in [6.07, 6.45) is -0.504. The number of anilines is 1. The summed E-state index contributed by atoms with van der Waals surface area (Å²) in [7, 11) is 0. The number of para-hydroxylation sites is 1. The first-order valence-corrected chi connectivity index (χ1v) is 8.42. The van der Waals surface area contributed by atoms with Gasteiger partial charge in [0.1, 0.15) is 5.60 Å². The Balaban J connectivity index is 2.43. The van der Waals surface area contributed by atoms with Gasteiger partial charge < -0.3 is 4.74 Å². The summed E-state index contributed by atoms with van der Waals surface area (Å²) in [4.78, 5) is 13.9. The van der Waals surface area contributed by atoms with Crippen LogP contribution in [0.25, 0.3) is 0 Å². The van der Waals surface area contributed by atoms with Gasteiger partial charge in [-0.2, -0.15) is 0 Å². The fourth-order valence-corrected chi connectivity index (χ4v) is 2.44. The highest BCUT2D eigenvalue weighted by molar-refractivity contribution is 9.10. The Bertz CT molecular complexity index is 797. The number of rotatable bonds is 1. The maximum Gasteiger partial charge on any atom is 0.426 e. The normalized spacial score (nSPS) is 10.5. The molecule has 2 aromatic rings. The Labute approximate surface area is 151 Å². The van der Waals surface area contributed by atoms with Crippen LogP contribution in [0.1, 0.15) is 31.9 Å². The molecule has 0 bridgehead atoms. The van der Waals surface area contributed by atoms with E-state index in [0.29, 0.717) is 5.69 Å². The molecule has 0 aromatic heterocycles. The van der Waals surface area contributed by atoms with Gasteiger partial charge in [0.25, 0.3) is 0 Å². The lowest BCUT2D eigenvalue weighted by atomic mass is 10.1. The van der Waals surface area contributed by atoms with E-state index in [1.807, 2.05) is 76.2 Å². The van der Waals surface area contributed by atoms with Gasteiger partial charge in [-0.25, -0.2) is 9.69 Å². The third kappa shape index (κ3) is 4.87. The molecule has 0 N–H and O–H groups in total. The summed E-state index contributed by atoms with van der Waals surface area (Å²) in [6.45, 7) is 7.48. The zero-order valence-electron chi connectivity index (χ0n) is 14.3. The molecule has 1 amide bonds.